The Kier molecular flexibility index (Phi) is 8.16. The molecule has 0 bridgehead atoms. The Morgan fingerprint density at radius 3 is 2.03 bits per heavy atom. The molecule has 2 heterocycles. The SMILES string of the molecule is O=C(c1ccccc1)C1CCN(C(=O)CCc2ccc(S(=O)(=O)N3CCCCCC3)cc2)CC1. The Morgan fingerprint density at radius 1 is 0.794 bits per heavy atom. The predicted octanol–water partition coefficient (Wildman–Crippen LogP) is 4.31. The van der Waals surface area contributed by atoms with Gasteiger partial charge in [0, 0.05) is 44.1 Å². The lowest BCUT2D eigenvalue weighted by atomic mass is 9.89. The standard InChI is InChI=1S/C27H34N2O4S/c30-26(28-20-16-24(17-21-28)27(31)23-8-4-3-5-9-23)15-12-22-10-13-25(14-11-22)34(32,33)29-18-6-1-2-7-19-29/h3-5,8-11,13-14,24H,1-2,6-7,12,15-21H2. The van der Waals surface area contributed by atoms with E-state index in [4.69, 9.17) is 0 Å². The van der Waals surface area contributed by atoms with Crippen molar-refractivity contribution in [3.05, 3.63) is 65.7 Å². The summed E-state index contributed by atoms with van der Waals surface area (Å²) in [5.41, 5.74) is 1.70. The molecule has 2 aliphatic rings. The van der Waals surface area contributed by atoms with Crippen molar-refractivity contribution in [2.24, 2.45) is 5.92 Å². The lowest BCUT2D eigenvalue weighted by Crippen LogP contribution is -2.40. The molecular formula is C27H34N2O4S. The highest BCUT2D eigenvalue weighted by atomic mass is 32.2. The molecule has 2 fully saturated rings. The number of Topliss-reactive ketones (excluding diaryl/α,β-unsaturated/α-hetero) is 1. The number of amides is 1. The zero-order chi connectivity index (χ0) is 24.0. The van der Waals surface area contributed by atoms with Crippen molar-refractivity contribution >= 4 is 21.7 Å². The molecule has 0 aromatic heterocycles. The summed E-state index contributed by atoms with van der Waals surface area (Å²) >= 11 is 0. The maximum Gasteiger partial charge on any atom is 0.243 e. The van der Waals surface area contributed by atoms with Gasteiger partial charge in [-0.3, -0.25) is 9.59 Å². The number of sulfonamides is 1. The molecule has 0 aliphatic carbocycles. The van der Waals surface area contributed by atoms with E-state index in [1.807, 2.05) is 47.4 Å². The average molecular weight is 483 g/mol. The molecule has 2 aliphatic heterocycles. The molecule has 2 saturated heterocycles. The summed E-state index contributed by atoms with van der Waals surface area (Å²) in [6.07, 6.45) is 6.35. The Morgan fingerprint density at radius 2 is 1.41 bits per heavy atom. The summed E-state index contributed by atoms with van der Waals surface area (Å²) in [4.78, 5) is 27.6. The smallest absolute Gasteiger partial charge is 0.243 e. The van der Waals surface area contributed by atoms with E-state index < -0.39 is 10.0 Å². The van der Waals surface area contributed by atoms with Crippen LogP contribution in [-0.2, 0) is 21.2 Å². The zero-order valence-electron chi connectivity index (χ0n) is 19.7. The van der Waals surface area contributed by atoms with Gasteiger partial charge in [0.2, 0.25) is 15.9 Å². The van der Waals surface area contributed by atoms with Crippen molar-refractivity contribution in [2.75, 3.05) is 26.2 Å². The molecule has 0 unspecified atom stereocenters. The van der Waals surface area contributed by atoms with E-state index in [0.717, 1.165) is 36.8 Å². The van der Waals surface area contributed by atoms with E-state index in [-0.39, 0.29) is 17.6 Å². The normalized spacial score (nSPS) is 18.4. The largest absolute Gasteiger partial charge is 0.343 e. The number of nitrogens with zero attached hydrogens (tertiary/aromatic N) is 2. The number of piperidine rings is 1. The van der Waals surface area contributed by atoms with E-state index in [9.17, 15) is 18.0 Å². The highest BCUT2D eigenvalue weighted by molar-refractivity contribution is 7.89. The Bertz CT molecular complexity index is 1070. The van der Waals surface area contributed by atoms with Crippen LogP contribution in [0, 0.1) is 5.92 Å². The average Bonchev–Trinajstić information content (AvgIpc) is 3.18. The third-order valence-electron chi connectivity index (χ3n) is 7.03. The number of carbonyl (C=O) groups excluding carboxylic acids is 2. The highest BCUT2D eigenvalue weighted by Crippen LogP contribution is 2.23. The fourth-order valence-corrected chi connectivity index (χ4v) is 6.41. The molecule has 7 heteroatoms. The minimum Gasteiger partial charge on any atom is -0.343 e. The van der Waals surface area contributed by atoms with Gasteiger partial charge in [0.25, 0.3) is 0 Å². The van der Waals surface area contributed by atoms with E-state index >= 15 is 0 Å². The fourth-order valence-electron chi connectivity index (χ4n) is 4.90. The number of hydrogen-bond acceptors (Lipinski definition) is 4. The number of benzene rings is 2. The first-order valence-corrected chi connectivity index (χ1v) is 13.9. The maximum atomic E-state index is 12.9. The lowest BCUT2D eigenvalue weighted by molar-refractivity contribution is -0.132. The van der Waals surface area contributed by atoms with Crippen molar-refractivity contribution < 1.29 is 18.0 Å². The van der Waals surface area contributed by atoms with Crippen LogP contribution < -0.4 is 0 Å². The Labute approximate surface area is 203 Å². The van der Waals surface area contributed by atoms with Crippen molar-refractivity contribution in [1.29, 1.82) is 0 Å². The molecule has 34 heavy (non-hydrogen) atoms. The molecular weight excluding hydrogens is 448 g/mol. The van der Waals surface area contributed by atoms with Crippen LogP contribution in [0.3, 0.4) is 0 Å². The van der Waals surface area contributed by atoms with Crippen LogP contribution in [0.25, 0.3) is 0 Å². The zero-order valence-corrected chi connectivity index (χ0v) is 20.5. The van der Waals surface area contributed by atoms with Crippen molar-refractivity contribution in [3.63, 3.8) is 0 Å². The van der Waals surface area contributed by atoms with Gasteiger partial charge in [0.1, 0.15) is 0 Å². The van der Waals surface area contributed by atoms with Crippen LogP contribution in [-0.4, -0.2) is 55.5 Å². The molecule has 0 spiro atoms. The fraction of sp³-hybridized carbons (Fsp3) is 0.481. The molecule has 0 radical (unpaired) electrons. The molecule has 182 valence electrons. The molecule has 2 aromatic carbocycles. The quantitative estimate of drug-likeness (QED) is 0.552. The molecule has 0 atom stereocenters. The van der Waals surface area contributed by atoms with Gasteiger partial charge in [-0.25, -0.2) is 8.42 Å². The van der Waals surface area contributed by atoms with Gasteiger partial charge in [-0.2, -0.15) is 4.31 Å². The predicted molar refractivity (Wildman–Crippen MR) is 132 cm³/mol. The van der Waals surface area contributed by atoms with Crippen molar-refractivity contribution in [3.8, 4) is 0 Å². The van der Waals surface area contributed by atoms with Gasteiger partial charge in [0.15, 0.2) is 5.78 Å². The number of rotatable bonds is 7. The van der Waals surface area contributed by atoms with E-state index in [1.54, 1.807) is 16.4 Å². The first-order chi connectivity index (χ1) is 16.4. The second-order valence-corrected chi connectivity index (χ2v) is 11.3. The van der Waals surface area contributed by atoms with Crippen molar-refractivity contribution in [2.45, 2.75) is 56.3 Å². The van der Waals surface area contributed by atoms with Crippen LogP contribution >= 0.6 is 0 Å². The molecule has 4 rings (SSSR count). The highest BCUT2D eigenvalue weighted by Gasteiger charge is 2.28. The number of aryl methyl sites for hydroxylation is 1. The summed E-state index contributed by atoms with van der Waals surface area (Å²) in [7, 11) is -3.45. The Hall–Kier alpha value is -2.51. The summed E-state index contributed by atoms with van der Waals surface area (Å²) < 4.78 is 27.5. The van der Waals surface area contributed by atoms with Crippen LogP contribution in [0.5, 0.6) is 0 Å². The molecule has 0 N–H and O–H groups in total. The second kappa shape index (κ2) is 11.3. The van der Waals surface area contributed by atoms with Gasteiger partial charge in [-0.1, -0.05) is 55.3 Å². The van der Waals surface area contributed by atoms with Crippen LogP contribution in [0.1, 0.15) is 60.9 Å². The monoisotopic (exact) mass is 482 g/mol. The first kappa shape index (κ1) is 24.6. The lowest BCUT2D eigenvalue weighted by Gasteiger charge is -2.31. The molecule has 6 nitrogen and oxygen atoms in total. The number of carbonyl (C=O) groups is 2. The molecule has 1 amide bonds. The van der Waals surface area contributed by atoms with Gasteiger partial charge in [-0.15, -0.1) is 0 Å². The first-order valence-electron chi connectivity index (χ1n) is 12.4. The maximum absolute atomic E-state index is 12.9. The van der Waals surface area contributed by atoms with Crippen molar-refractivity contribution in [1.82, 2.24) is 9.21 Å². The third-order valence-corrected chi connectivity index (χ3v) is 8.94. The van der Waals surface area contributed by atoms with E-state index in [2.05, 4.69) is 0 Å². The summed E-state index contributed by atoms with van der Waals surface area (Å²) in [6.45, 7) is 2.39. The minimum absolute atomic E-state index is 0.0230. The van der Waals surface area contributed by atoms with Crippen LogP contribution in [0.2, 0.25) is 0 Å². The summed E-state index contributed by atoms with van der Waals surface area (Å²) in [6, 6.07) is 16.3. The Balaban J connectivity index is 1.26. The van der Waals surface area contributed by atoms with Gasteiger partial charge >= 0.3 is 0 Å². The van der Waals surface area contributed by atoms with E-state index in [1.165, 1.54) is 0 Å². The number of likely N-dealkylation sites (tertiary alicyclic amines) is 1. The molecule has 2 aromatic rings. The second-order valence-electron chi connectivity index (χ2n) is 9.35. The van der Waals surface area contributed by atoms with Crippen LogP contribution in [0.4, 0.5) is 0 Å². The third kappa shape index (κ3) is 5.94. The van der Waals surface area contributed by atoms with Gasteiger partial charge in [-0.05, 0) is 49.8 Å². The number of hydrogen-bond donors (Lipinski definition) is 0. The topological polar surface area (TPSA) is 74.8 Å². The van der Waals surface area contributed by atoms with Gasteiger partial charge in [0.05, 0.1) is 4.90 Å². The van der Waals surface area contributed by atoms with Crippen LogP contribution in [0.15, 0.2) is 59.5 Å². The minimum atomic E-state index is -3.45. The molecule has 0 saturated carbocycles. The van der Waals surface area contributed by atoms with Gasteiger partial charge < -0.3 is 4.90 Å². The summed E-state index contributed by atoms with van der Waals surface area (Å²) in [5.74, 6) is 0.236. The van der Waals surface area contributed by atoms with E-state index in [0.29, 0.717) is 56.8 Å². The number of ketones is 1. The summed E-state index contributed by atoms with van der Waals surface area (Å²) in [5, 5.41) is 0.